The van der Waals surface area contributed by atoms with Gasteiger partial charge in [0.2, 0.25) is 0 Å². The summed E-state index contributed by atoms with van der Waals surface area (Å²) in [6.45, 7) is 0. The van der Waals surface area contributed by atoms with Crippen molar-refractivity contribution in [2.75, 3.05) is 10.0 Å². The number of nitro benzene ring substituents is 1. The quantitative estimate of drug-likeness (QED) is 0.301. The highest BCUT2D eigenvalue weighted by Gasteiger charge is 2.17. The molecule has 0 saturated heterocycles. The van der Waals surface area contributed by atoms with Crippen LogP contribution < -0.4 is 10.0 Å². The fourth-order valence-corrected chi connectivity index (χ4v) is 4.54. The molecule has 32 heavy (non-hydrogen) atoms. The fourth-order valence-electron chi connectivity index (χ4n) is 2.73. The van der Waals surface area contributed by atoms with E-state index in [1.165, 1.54) is 66.3 Å². The molecule has 2 aromatic heterocycles. The van der Waals surface area contributed by atoms with Crippen LogP contribution in [-0.2, 0) is 10.0 Å². The molecule has 10 nitrogen and oxygen atoms in total. The van der Waals surface area contributed by atoms with Gasteiger partial charge in [-0.15, -0.1) is 11.3 Å². The SMILES string of the molecule is O=C(Nc1ccc(S(=O)(=O)Nc2cncs2)cc1)c1ccc(-c2ccc([N+](=O)[O-])cc2)o1. The Bertz CT molecular complexity index is 1360. The fraction of sp³-hybridized carbons (Fsp3) is 0. The van der Waals surface area contributed by atoms with Crippen LogP contribution >= 0.6 is 11.3 Å². The zero-order chi connectivity index (χ0) is 22.7. The number of aromatic nitrogens is 1. The van der Waals surface area contributed by atoms with Crippen LogP contribution in [0.3, 0.4) is 0 Å². The van der Waals surface area contributed by atoms with Crippen LogP contribution in [0, 0.1) is 10.1 Å². The van der Waals surface area contributed by atoms with Gasteiger partial charge in [0.15, 0.2) is 5.76 Å². The summed E-state index contributed by atoms with van der Waals surface area (Å²) < 4.78 is 32.7. The van der Waals surface area contributed by atoms with Crippen molar-refractivity contribution >= 4 is 43.6 Å². The van der Waals surface area contributed by atoms with Crippen molar-refractivity contribution in [2.45, 2.75) is 4.90 Å². The van der Waals surface area contributed by atoms with Crippen molar-refractivity contribution < 1.29 is 22.6 Å². The van der Waals surface area contributed by atoms with Crippen LogP contribution in [-0.4, -0.2) is 24.2 Å². The molecule has 0 aliphatic carbocycles. The van der Waals surface area contributed by atoms with Gasteiger partial charge < -0.3 is 9.73 Å². The maximum absolute atomic E-state index is 12.5. The lowest BCUT2D eigenvalue weighted by molar-refractivity contribution is -0.384. The number of sulfonamides is 1. The first kappa shape index (κ1) is 21.2. The smallest absolute Gasteiger partial charge is 0.291 e. The molecular weight excluding hydrogens is 456 g/mol. The van der Waals surface area contributed by atoms with Crippen molar-refractivity contribution in [3.05, 3.63) is 88.2 Å². The first-order valence-corrected chi connectivity index (χ1v) is 11.4. The number of carbonyl (C=O) groups is 1. The van der Waals surface area contributed by atoms with E-state index in [1.54, 1.807) is 6.07 Å². The van der Waals surface area contributed by atoms with Gasteiger partial charge in [-0.2, -0.15) is 0 Å². The van der Waals surface area contributed by atoms with Gasteiger partial charge >= 0.3 is 0 Å². The van der Waals surface area contributed by atoms with Crippen LogP contribution in [0.15, 0.2) is 81.7 Å². The molecule has 2 aromatic carbocycles. The number of hydrogen-bond acceptors (Lipinski definition) is 8. The molecule has 1 amide bonds. The lowest BCUT2D eigenvalue weighted by Gasteiger charge is -2.07. The van der Waals surface area contributed by atoms with E-state index in [0.29, 0.717) is 22.0 Å². The number of thiazole rings is 1. The number of anilines is 2. The minimum atomic E-state index is -3.77. The average molecular weight is 470 g/mol. The van der Waals surface area contributed by atoms with Crippen LogP contribution in [0.25, 0.3) is 11.3 Å². The molecule has 0 spiro atoms. The van der Waals surface area contributed by atoms with Gasteiger partial charge in [0.05, 0.1) is 21.5 Å². The number of amides is 1. The van der Waals surface area contributed by atoms with Crippen LogP contribution in [0.4, 0.5) is 16.4 Å². The molecule has 0 radical (unpaired) electrons. The molecule has 2 N–H and O–H groups in total. The number of rotatable bonds is 7. The van der Waals surface area contributed by atoms with Crippen molar-refractivity contribution in [3.8, 4) is 11.3 Å². The Morgan fingerprint density at radius 2 is 1.75 bits per heavy atom. The number of nitrogens with one attached hydrogen (secondary N) is 2. The minimum Gasteiger partial charge on any atom is -0.451 e. The predicted octanol–water partition coefficient (Wildman–Crippen LogP) is 4.36. The van der Waals surface area contributed by atoms with E-state index < -0.39 is 20.9 Å². The Morgan fingerprint density at radius 1 is 1.03 bits per heavy atom. The van der Waals surface area contributed by atoms with Gasteiger partial charge in [-0.05, 0) is 48.5 Å². The lowest BCUT2D eigenvalue weighted by Crippen LogP contribution is -2.13. The first-order valence-electron chi connectivity index (χ1n) is 8.99. The molecule has 4 rings (SSSR count). The number of nitro groups is 1. The molecule has 0 atom stereocenters. The first-order chi connectivity index (χ1) is 15.3. The van der Waals surface area contributed by atoms with E-state index in [0.717, 1.165) is 11.3 Å². The average Bonchev–Trinajstić information content (AvgIpc) is 3.46. The molecule has 162 valence electrons. The highest BCUT2D eigenvalue weighted by atomic mass is 32.2. The largest absolute Gasteiger partial charge is 0.451 e. The van der Waals surface area contributed by atoms with E-state index in [1.807, 2.05) is 0 Å². The second-order valence-electron chi connectivity index (χ2n) is 6.42. The molecule has 0 bridgehead atoms. The van der Waals surface area contributed by atoms with E-state index in [9.17, 15) is 23.3 Å². The maximum atomic E-state index is 12.5. The predicted molar refractivity (Wildman–Crippen MR) is 118 cm³/mol. The van der Waals surface area contributed by atoms with E-state index in [2.05, 4.69) is 15.0 Å². The molecule has 0 aliphatic heterocycles. The summed E-state index contributed by atoms with van der Waals surface area (Å²) in [6, 6.07) is 14.4. The Morgan fingerprint density at radius 3 is 2.38 bits per heavy atom. The van der Waals surface area contributed by atoms with Crippen LogP contribution in [0.1, 0.15) is 10.6 Å². The van der Waals surface area contributed by atoms with E-state index >= 15 is 0 Å². The van der Waals surface area contributed by atoms with Crippen LogP contribution in [0.2, 0.25) is 0 Å². The lowest BCUT2D eigenvalue weighted by atomic mass is 10.1. The minimum absolute atomic E-state index is 0.0295. The van der Waals surface area contributed by atoms with Crippen LogP contribution in [0.5, 0.6) is 0 Å². The molecule has 0 aliphatic rings. The second kappa shape index (κ2) is 8.61. The molecule has 0 saturated carbocycles. The van der Waals surface area contributed by atoms with Gasteiger partial charge in [0.25, 0.3) is 21.6 Å². The summed E-state index contributed by atoms with van der Waals surface area (Å²) in [5, 5.41) is 13.8. The van der Waals surface area contributed by atoms with Gasteiger partial charge in [-0.3, -0.25) is 24.6 Å². The van der Waals surface area contributed by atoms with Crippen molar-refractivity contribution in [3.63, 3.8) is 0 Å². The summed E-state index contributed by atoms with van der Waals surface area (Å²) in [5.41, 5.74) is 2.42. The summed E-state index contributed by atoms with van der Waals surface area (Å²) in [4.78, 5) is 26.6. The third kappa shape index (κ3) is 4.66. The Labute approximate surface area is 185 Å². The third-order valence-electron chi connectivity index (χ3n) is 4.28. The Balaban J connectivity index is 1.43. The number of furan rings is 1. The van der Waals surface area contributed by atoms with Gasteiger partial charge in [-0.1, -0.05) is 0 Å². The highest BCUT2D eigenvalue weighted by Crippen LogP contribution is 2.25. The molecule has 4 aromatic rings. The third-order valence-corrected chi connectivity index (χ3v) is 6.48. The van der Waals surface area contributed by atoms with Gasteiger partial charge in [-0.25, -0.2) is 8.42 Å². The Hall–Kier alpha value is -4.03. The maximum Gasteiger partial charge on any atom is 0.291 e. The molecule has 0 fully saturated rings. The summed E-state index contributed by atoms with van der Waals surface area (Å²) in [6.07, 6.45) is 1.41. The van der Waals surface area contributed by atoms with Crippen molar-refractivity contribution in [1.29, 1.82) is 0 Å². The van der Waals surface area contributed by atoms with Crippen molar-refractivity contribution in [1.82, 2.24) is 4.98 Å². The molecule has 0 unspecified atom stereocenters. The zero-order valence-corrected chi connectivity index (χ0v) is 17.7. The monoisotopic (exact) mass is 470 g/mol. The van der Waals surface area contributed by atoms with Crippen molar-refractivity contribution in [2.24, 2.45) is 0 Å². The number of non-ortho nitro benzene ring substituents is 1. The normalized spacial score (nSPS) is 11.1. The van der Waals surface area contributed by atoms with E-state index in [-0.39, 0.29) is 16.3 Å². The van der Waals surface area contributed by atoms with Gasteiger partial charge in [0, 0.05) is 23.4 Å². The second-order valence-corrected chi connectivity index (χ2v) is 8.99. The summed E-state index contributed by atoms with van der Waals surface area (Å²) in [5.74, 6) is -0.126. The molecule has 2 heterocycles. The number of nitrogens with zero attached hydrogens (tertiary/aromatic N) is 2. The summed E-state index contributed by atoms with van der Waals surface area (Å²) in [7, 11) is -3.77. The number of hydrogen-bond donors (Lipinski definition) is 2. The summed E-state index contributed by atoms with van der Waals surface area (Å²) >= 11 is 1.16. The van der Waals surface area contributed by atoms with E-state index in [4.69, 9.17) is 4.42 Å². The highest BCUT2D eigenvalue weighted by molar-refractivity contribution is 7.93. The zero-order valence-electron chi connectivity index (χ0n) is 16.1. The molecular formula is C20H14N4O6S2. The topological polar surface area (TPSA) is 144 Å². The Kier molecular flexibility index (Phi) is 5.71. The number of benzene rings is 2. The molecule has 12 heteroatoms. The van der Waals surface area contributed by atoms with Gasteiger partial charge in [0.1, 0.15) is 10.8 Å². The number of carbonyl (C=O) groups excluding carboxylic acids is 1. The standard InChI is InChI=1S/C20H14N4O6S2/c25-20(18-10-9-17(30-18)13-1-5-15(6-2-13)24(26)27)22-14-3-7-16(8-4-14)32(28,29)23-19-11-21-12-31-19/h1-12,23H,(H,22,25).